The van der Waals surface area contributed by atoms with Gasteiger partial charge < -0.3 is 10.1 Å². The molecular formula is C14H19N3O4. The first-order valence-corrected chi connectivity index (χ1v) is 7.09. The van der Waals surface area contributed by atoms with Crippen LogP contribution in [0, 0.1) is 16.0 Å². The van der Waals surface area contributed by atoms with Crippen LogP contribution in [0.1, 0.15) is 42.6 Å². The van der Waals surface area contributed by atoms with Gasteiger partial charge in [0, 0.05) is 12.6 Å². The van der Waals surface area contributed by atoms with Crippen LogP contribution >= 0.6 is 0 Å². The number of carbonyl (C=O) groups is 1. The molecule has 21 heavy (non-hydrogen) atoms. The second-order valence-corrected chi connectivity index (χ2v) is 5.20. The Bertz CT molecular complexity index is 527. The molecule has 1 fully saturated rings. The highest BCUT2D eigenvalue weighted by atomic mass is 16.6. The molecule has 1 aromatic rings. The second-order valence-electron chi connectivity index (χ2n) is 5.20. The molecule has 0 aromatic carbocycles. The van der Waals surface area contributed by atoms with E-state index < -0.39 is 10.9 Å². The Balaban J connectivity index is 2.13. The van der Waals surface area contributed by atoms with Gasteiger partial charge in [-0.2, -0.15) is 0 Å². The summed E-state index contributed by atoms with van der Waals surface area (Å²) in [7, 11) is 1.25. The highest BCUT2D eigenvalue weighted by Crippen LogP contribution is 2.26. The molecule has 2 rings (SSSR count). The van der Waals surface area contributed by atoms with Crippen molar-refractivity contribution >= 4 is 17.5 Å². The number of nitro groups is 1. The number of pyridine rings is 1. The van der Waals surface area contributed by atoms with Crippen molar-refractivity contribution in [3.63, 3.8) is 0 Å². The summed E-state index contributed by atoms with van der Waals surface area (Å²) in [5.41, 5.74) is -0.0623. The van der Waals surface area contributed by atoms with Gasteiger partial charge in [-0.1, -0.05) is 19.3 Å². The maximum absolute atomic E-state index is 11.5. The number of rotatable bonds is 5. The number of ether oxygens (including phenoxy) is 1. The van der Waals surface area contributed by atoms with Gasteiger partial charge in [-0.05, 0) is 24.8 Å². The van der Waals surface area contributed by atoms with Crippen LogP contribution in [0.5, 0.6) is 0 Å². The second kappa shape index (κ2) is 7.01. The number of esters is 1. The molecule has 7 heteroatoms. The van der Waals surface area contributed by atoms with E-state index in [1.54, 1.807) is 0 Å². The maximum atomic E-state index is 11.5. The first-order valence-electron chi connectivity index (χ1n) is 7.09. The summed E-state index contributed by atoms with van der Waals surface area (Å²) in [5, 5.41) is 14.1. The van der Waals surface area contributed by atoms with Crippen LogP contribution in [0.4, 0.5) is 11.5 Å². The normalized spacial score (nSPS) is 15.5. The van der Waals surface area contributed by atoms with E-state index in [0.717, 1.165) is 12.8 Å². The molecule has 0 unspecified atom stereocenters. The lowest BCUT2D eigenvalue weighted by molar-refractivity contribution is -0.384. The molecule has 0 amide bonds. The van der Waals surface area contributed by atoms with Gasteiger partial charge in [0.1, 0.15) is 0 Å². The largest absolute Gasteiger partial charge is 0.464 e. The Morgan fingerprint density at radius 2 is 2.14 bits per heavy atom. The molecule has 0 saturated heterocycles. The van der Waals surface area contributed by atoms with Crippen LogP contribution in [0.3, 0.4) is 0 Å². The first kappa shape index (κ1) is 15.2. The average Bonchev–Trinajstić information content (AvgIpc) is 2.52. The lowest BCUT2D eigenvalue weighted by atomic mass is 9.89. The predicted octanol–water partition coefficient (Wildman–Crippen LogP) is 2.77. The molecule has 0 atom stereocenters. The van der Waals surface area contributed by atoms with E-state index >= 15 is 0 Å². The summed E-state index contributed by atoms with van der Waals surface area (Å²) >= 11 is 0. The van der Waals surface area contributed by atoms with Crippen molar-refractivity contribution in [1.29, 1.82) is 0 Å². The van der Waals surface area contributed by atoms with Crippen LogP contribution in [0.2, 0.25) is 0 Å². The van der Waals surface area contributed by atoms with Gasteiger partial charge in [-0.15, -0.1) is 0 Å². The number of nitrogens with zero attached hydrogens (tertiary/aromatic N) is 2. The topological polar surface area (TPSA) is 94.4 Å². The van der Waals surface area contributed by atoms with Gasteiger partial charge in [0.15, 0.2) is 5.69 Å². The number of nitrogens with one attached hydrogen (secondary N) is 1. The molecule has 1 aliphatic rings. The van der Waals surface area contributed by atoms with Crippen molar-refractivity contribution in [2.45, 2.75) is 32.1 Å². The smallest absolute Gasteiger partial charge is 0.356 e. The molecule has 1 heterocycles. The van der Waals surface area contributed by atoms with Crippen LogP contribution < -0.4 is 5.32 Å². The summed E-state index contributed by atoms with van der Waals surface area (Å²) in [5.74, 6) is 0.0287. The van der Waals surface area contributed by atoms with E-state index in [9.17, 15) is 14.9 Å². The maximum Gasteiger partial charge on any atom is 0.356 e. The Labute approximate surface area is 122 Å². The molecule has 7 nitrogen and oxygen atoms in total. The third-order valence-electron chi connectivity index (χ3n) is 3.75. The number of carbonyl (C=O) groups excluding carboxylic acids is 1. The van der Waals surface area contributed by atoms with Crippen molar-refractivity contribution in [1.82, 2.24) is 4.98 Å². The van der Waals surface area contributed by atoms with E-state index in [-0.39, 0.29) is 17.2 Å². The third-order valence-corrected chi connectivity index (χ3v) is 3.75. The van der Waals surface area contributed by atoms with Gasteiger partial charge in [-0.3, -0.25) is 10.1 Å². The summed E-state index contributed by atoms with van der Waals surface area (Å²) in [6.07, 6.45) is 5.90. The number of aromatic nitrogens is 1. The molecule has 1 aromatic heterocycles. The number of hydrogen-bond donors (Lipinski definition) is 1. The lowest BCUT2D eigenvalue weighted by Gasteiger charge is -2.21. The zero-order chi connectivity index (χ0) is 15.2. The van der Waals surface area contributed by atoms with E-state index in [4.69, 9.17) is 0 Å². The average molecular weight is 293 g/mol. The molecule has 0 bridgehead atoms. The van der Waals surface area contributed by atoms with Crippen molar-refractivity contribution in [3.05, 3.63) is 27.9 Å². The molecule has 1 N–H and O–H groups in total. The molecule has 0 radical (unpaired) electrons. The zero-order valence-electron chi connectivity index (χ0n) is 12.0. The summed E-state index contributed by atoms with van der Waals surface area (Å²) in [6.45, 7) is 0.637. The van der Waals surface area contributed by atoms with Crippen LogP contribution in [0.15, 0.2) is 12.1 Å². The Morgan fingerprint density at radius 1 is 1.43 bits per heavy atom. The summed E-state index contributed by atoms with van der Waals surface area (Å²) in [4.78, 5) is 26.0. The van der Waals surface area contributed by atoms with Crippen LogP contribution in [-0.2, 0) is 4.74 Å². The fourth-order valence-electron chi connectivity index (χ4n) is 2.58. The van der Waals surface area contributed by atoms with Gasteiger partial charge in [-0.25, -0.2) is 9.78 Å². The molecule has 0 aliphatic heterocycles. The monoisotopic (exact) mass is 293 g/mol. The molecule has 1 aliphatic carbocycles. The van der Waals surface area contributed by atoms with Crippen molar-refractivity contribution in [2.24, 2.45) is 5.92 Å². The minimum Gasteiger partial charge on any atom is -0.464 e. The Morgan fingerprint density at radius 3 is 2.76 bits per heavy atom. The number of anilines is 1. The van der Waals surface area contributed by atoms with E-state index in [1.807, 2.05) is 0 Å². The van der Waals surface area contributed by atoms with Crippen molar-refractivity contribution in [2.75, 3.05) is 19.0 Å². The van der Waals surface area contributed by atoms with Crippen molar-refractivity contribution < 1.29 is 14.5 Å². The lowest BCUT2D eigenvalue weighted by Crippen LogP contribution is -2.19. The quantitative estimate of drug-likeness (QED) is 0.509. The fraction of sp³-hybridized carbons (Fsp3) is 0.571. The third kappa shape index (κ3) is 3.90. The molecular weight excluding hydrogens is 274 g/mol. The standard InChI is InChI=1S/C14H19N3O4/c1-21-14(18)11-7-8-12(17(19)20)13(16-11)15-9-10-5-3-2-4-6-10/h7-8,10H,2-6,9H2,1H3,(H,15,16). The SMILES string of the molecule is COC(=O)c1ccc([N+](=O)[O-])c(NCC2CCCCC2)n1. The van der Waals surface area contributed by atoms with E-state index in [1.165, 1.54) is 38.5 Å². The predicted molar refractivity (Wildman–Crippen MR) is 77.3 cm³/mol. The molecule has 1 saturated carbocycles. The number of methoxy groups -OCH3 is 1. The van der Waals surface area contributed by atoms with Crippen molar-refractivity contribution in [3.8, 4) is 0 Å². The summed E-state index contributed by atoms with van der Waals surface area (Å²) < 4.78 is 4.59. The zero-order valence-corrected chi connectivity index (χ0v) is 12.0. The van der Waals surface area contributed by atoms with E-state index in [0.29, 0.717) is 12.5 Å². The minimum absolute atomic E-state index is 0.0641. The van der Waals surface area contributed by atoms with E-state index in [2.05, 4.69) is 15.0 Å². The Hall–Kier alpha value is -2.18. The molecule has 114 valence electrons. The number of hydrogen-bond acceptors (Lipinski definition) is 6. The van der Waals surface area contributed by atoms with Gasteiger partial charge in [0.2, 0.25) is 5.82 Å². The van der Waals surface area contributed by atoms with Crippen LogP contribution in [-0.4, -0.2) is 29.5 Å². The summed E-state index contributed by atoms with van der Waals surface area (Å²) in [6, 6.07) is 2.58. The highest BCUT2D eigenvalue weighted by Gasteiger charge is 2.20. The molecule has 0 spiro atoms. The fourth-order valence-corrected chi connectivity index (χ4v) is 2.58. The minimum atomic E-state index is -0.606. The van der Waals surface area contributed by atoms with Gasteiger partial charge in [0.25, 0.3) is 0 Å². The highest BCUT2D eigenvalue weighted by molar-refractivity contribution is 5.88. The van der Waals surface area contributed by atoms with Gasteiger partial charge >= 0.3 is 11.7 Å². The van der Waals surface area contributed by atoms with Gasteiger partial charge in [0.05, 0.1) is 12.0 Å². The van der Waals surface area contributed by atoms with Crippen LogP contribution in [0.25, 0.3) is 0 Å². The first-order chi connectivity index (χ1) is 10.1. The Kier molecular flexibility index (Phi) is 5.08.